The summed E-state index contributed by atoms with van der Waals surface area (Å²) >= 11 is 1.54. The van der Waals surface area contributed by atoms with Gasteiger partial charge in [-0.1, -0.05) is 41.7 Å². The number of ether oxygens (including phenoxy) is 1. The molecule has 17 heavy (non-hydrogen) atoms. The molecule has 0 amide bonds. The second kappa shape index (κ2) is 4.18. The number of rotatable bonds is 2. The second-order valence-electron chi connectivity index (χ2n) is 3.66. The van der Waals surface area contributed by atoms with Gasteiger partial charge in [-0.25, -0.2) is 4.98 Å². The molecule has 2 aromatic carbocycles. The molecule has 1 aromatic heterocycles. The number of aromatic nitrogens is 1. The minimum absolute atomic E-state index is 0.655. The summed E-state index contributed by atoms with van der Waals surface area (Å²) in [4.78, 5) is 4.42. The maximum absolute atomic E-state index is 5.74. The van der Waals surface area contributed by atoms with E-state index >= 15 is 0 Å². The minimum Gasteiger partial charge on any atom is -0.431 e. The molecule has 2 nitrogen and oxygen atoms in total. The van der Waals surface area contributed by atoms with E-state index < -0.39 is 0 Å². The van der Waals surface area contributed by atoms with Crippen LogP contribution in [0.15, 0.2) is 48.5 Å². The fraction of sp³-hybridized carbons (Fsp3) is 0. The van der Waals surface area contributed by atoms with Crippen LogP contribution < -0.4 is 4.74 Å². The summed E-state index contributed by atoms with van der Waals surface area (Å²) in [6, 6.07) is 15.7. The number of para-hydroxylation sites is 2. The van der Waals surface area contributed by atoms with Gasteiger partial charge in [-0.2, -0.15) is 0 Å². The van der Waals surface area contributed by atoms with Gasteiger partial charge >= 0.3 is 0 Å². The van der Waals surface area contributed by atoms with Gasteiger partial charge in [-0.05, 0) is 30.7 Å². The molecule has 83 valence electrons. The minimum atomic E-state index is 0.655. The van der Waals surface area contributed by atoms with Crippen LogP contribution in [0.5, 0.6) is 10.9 Å². The molecule has 3 rings (SSSR count). The predicted molar refractivity (Wildman–Crippen MR) is 70.6 cm³/mol. The van der Waals surface area contributed by atoms with Crippen molar-refractivity contribution < 1.29 is 4.74 Å². The molecule has 1 radical (unpaired) electrons. The molecule has 0 aliphatic heterocycles. The van der Waals surface area contributed by atoms with E-state index in [1.54, 1.807) is 0 Å². The third-order valence-electron chi connectivity index (χ3n) is 2.44. The summed E-state index contributed by atoms with van der Waals surface area (Å²) in [5, 5.41) is 0.655. The zero-order chi connectivity index (χ0) is 11.7. The van der Waals surface area contributed by atoms with Crippen molar-refractivity contribution in [1.29, 1.82) is 0 Å². The number of hydrogen-bond donors (Lipinski definition) is 0. The highest BCUT2D eigenvalue weighted by molar-refractivity contribution is 7.20. The van der Waals surface area contributed by atoms with E-state index in [1.807, 2.05) is 48.5 Å². The monoisotopic (exact) mass is 240 g/mol. The zero-order valence-electron chi connectivity index (χ0n) is 9.09. The van der Waals surface area contributed by atoms with Crippen molar-refractivity contribution >= 4 is 21.6 Å². The van der Waals surface area contributed by atoms with Gasteiger partial charge < -0.3 is 4.74 Å². The van der Waals surface area contributed by atoms with Crippen molar-refractivity contribution in [2.75, 3.05) is 0 Å². The molecule has 3 heteroatoms. The quantitative estimate of drug-likeness (QED) is 0.667. The van der Waals surface area contributed by atoms with Crippen LogP contribution >= 0.6 is 11.3 Å². The van der Waals surface area contributed by atoms with Crippen LogP contribution in [0, 0.1) is 6.92 Å². The molecule has 0 unspecified atom stereocenters. The lowest BCUT2D eigenvalue weighted by Gasteiger charge is -2.03. The van der Waals surface area contributed by atoms with E-state index in [1.165, 1.54) is 11.3 Å². The van der Waals surface area contributed by atoms with Crippen molar-refractivity contribution in [3.05, 3.63) is 61.0 Å². The Labute approximate surface area is 104 Å². The highest BCUT2D eigenvalue weighted by Crippen LogP contribution is 2.32. The maximum atomic E-state index is 5.74. The number of benzene rings is 2. The van der Waals surface area contributed by atoms with Gasteiger partial charge in [0, 0.05) is 0 Å². The zero-order valence-corrected chi connectivity index (χ0v) is 9.91. The molecule has 0 N–H and O–H groups in total. The fourth-order valence-corrected chi connectivity index (χ4v) is 2.42. The molecule has 0 saturated carbocycles. The van der Waals surface area contributed by atoms with E-state index in [2.05, 4.69) is 11.9 Å². The van der Waals surface area contributed by atoms with E-state index in [0.717, 1.165) is 21.5 Å². The average molecular weight is 240 g/mol. The Kier molecular flexibility index (Phi) is 2.53. The van der Waals surface area contributed by atoms with Crippen molar-refractivity contribution in [1.82, 2.24) is 4.98 Å². The van der Waals surface area contributed by atoms with Crippen LogP contribution in [0.2, 0.25) is 0 Å². The Morgan fingerprint density at radius 1 is 1.00 bits per heavy atom. The number of nitrogens with zero attached hydrogens (tertiary/aromatic N) is 1. The molecular weight excluding hydrogens is 230 g/mol. The Morgan fingerprint density at radius 2 is 1.76 bits per heavy atom. The van der Waals surface area contributed by atoms with Gasteiger partial charge in [0.15, 0.2) is 0 Å². The SMILES string of the molecule is [CH2]c1ccccc1Oc1nc2ccccc2s1. The maximum Gasteiger partial charge on any atom is 0.279 e. The number of hydrogen-bond acceptors (Lipinski definition) is 3. The van der Waals surface area contributed by atoms with E-state index in [0.29, 0.717) is 5.19 Å². The van der Waals surface area contributed by atoms with Gasteiger partial charge in [0.2, 0.25) is 0 Å². The summed E-state index contributed by atoms with van der Waals surface area (Å²) in [6.45, 7) is 3.92. The highest BCUT2D eigenvalue weighted by atomic mass is 32.1. The highest BCUT2D eigenvalue weighted by Gasteiger charge is 2.06. The first kappa shape index (κ1) is 10.3. The molecule has 0 saturated heterocycles. The molecule has 0 aliphatic rings. The first-order chi connectivity index (χ1) is 8.33. The van der Waals surface area contributed by atoms with Crippen LogP contribution in [0.3, 0.4) is 0 Å². The van der Waals surface area contributed by atoms with Gasteiger partial charge in [0.1, 0.15) is 5.75 Å². The van der Waals surface area contributed by atoms with Crippen LogP contribution in [-0.4, -0.2) is 4.98 Å². The Balaban J connectivity index is 1.98. The van der Waals surface area contributed by atoms with Crippen LogP contribution in [-0.2, 0) is 0 Å². The van der Waals surface area contributed by atoms with Gasteiger partial charge in [-0.3, -0.25) is 0 Å². The summed E-state index contributed by atoms with van der Waals surface area (Å²) in [5.74, 6) is 0.756. The molecule has 0 atom stereocenters. The van der Waals surface area contributed by atoms with E-state index in [4.69, 9.17) is 4.74 Å². The lowest BCUT2D eigenvalue weighted by molar-refractivity contribution is 0.478. The average Bonchev–Trinajstić information content (AvgIpc) is 2.74. The molecule has 0 fully saturated rings. The lowest BCUT2D eigenvalue weighted by atomic mass is 10.2. The molecule has 0 bridgehead atoms. The fourth-order valence-electron chi connectivity index (χ4n) is 1.59. The lowest BCUT2D eigenvalue weighted by Crippen LogP contribution is -1.85. The Morgan fingerprint density at radius 3 is 2.59 bits per heavy atom. The van der Waals surface area contributed by atoms with Crippen molar-refractivity contribution in [2.24, 2.45) is 0 Å². The van der Waals surface area contributed by atoms with Gasteiger partial charge in [0.05, 0.1) is 10.2 Å². The third-order valence-corrected chi connectivity index (χ3v) is 3.36. The van der Waals surface area contributed by atoms with Gasteiger partial charge in [0.25, 0.3) is 5.19 Å². The Hall–Kier alpha value is -1.87. The van der Waals surface area contributed by atoms with Crippen LogP contribution in [0.4, 0.5) is 0 Å². The third kappa shape index (κ3) is 2.01. The largest absolute Gasteiger partial charge is 0.431 e. The normalized spacial score (nSPS) is 10.6. The second-order valence-corrected chi connectivity index (χ2v) is 4.65. The summed E-state index contributed by atoms with van der Waals surface area (Å²) in [5.41, 5.74) is 1.83. The predicted octanol–water partition coefficient (Wildman–Crippen LogP) is 4.27. The van der Waals surface area contributed by atoms with Crippen LogP contribution in [0.25, 0.3) is 10.2 Å². The molecular formula is C14H10NOS. The molecule has 3 aromatic rings. The van der Waals surface area contributed by atoms with Crippen molar-refractivity contribution in [2.45, 2.75) is 0 Å². The number of thiazole rings is 1. The van der Waals surface area contributed by atoms with E-state index in [-0.39, 0.29) is 0 Å². The number of fused-ring (bicyclic) bond motifs is 1. The smallest absolute Gasteiger partial charge is 0.279 e. The summed E-state index contributed by atoms with van der Waals surface area (Å²) < 4.78 is 6.87. The van der Waals surface area contributed by atoms with Gasteiger partial charge in [-0.15, -0.1) is 0 Å². The van der Waals surface area contributed by atoms with E-state index in [9.17, 15) is 0 Å². The Bertz CT molecular complexity index is 627. The standard InChI is InChI=1S/C14H10NOS/c1-10-6-2-4-8-12(10)16-14-15-11-7-3-5-9-13(11)17-14/h2-9H,1H2. The molecule has 0 aliphatic carbocycles. The first-order valence-corrected chi connectivity index (χ1v) is 6.09. The van der Waals surface area contributed by atoms with Crippen LogP contribution in [0.1, 0.15) is 5.56 Å². The topological polar surface area (TPSA) is 22.1 Å². The molecule has 0 spiro atoms. The van der Waals surface area contributed by atoms with Crippen molar-refractivity contribution in [3.8, 4) is 10.9 Å². The molecule has 1 heterocycles. The summed E-state index contributed by atoms with van der Waals surface area (Å²) in [7, 11) is 0. The van der Waals surface area contributed by atoms with Crippen molar-refractivity contribution in [3.63, 3.8) is 0 Å². The first-order valence-electron chi connectivity index (χ1n) is 5.27. The summed E-state index contributed by atoms with van der Waals surface area (Å²) in [6.07, 6.45) is 0.